The Kier molecular flexibility index (Phi) is 4.06. The molecule has 1 rings (SSSR count). The van der Waals surface area contributed by atoms with Gasteiger partial charge >= 0.3 is 5.97 Å². The lowest BCUT2D eigenvalue weighted by Crippen LogP contribution is -2.10. The van der Waals surface area contributed by atoms with E-state index in [1.54, 1.807) is 0 Å². The Hall–Kier alpha value is -2.07. The Morgan fingerprint density at radius 2 is 1.82 bits per heavy atom. The summed E-state index contributed by atoms with van der Waals surface area (Å²) >= 11 is 0. The van der Waals surface area contributed by atoms with Gasteiger partial charge in [-0.15, -0.1) is 0 Å². The van der Waals surface area contributed by atoms with Crippen LogP contribution < -0.4 is 4.74 Å². The number of ether oxygens (including phenoxy) is 1. The predicted octanol–water partition coefficient (Wildman–Crippen LogP) is 2.18. The van der Waals surface area contributed by atoms with E-state index in [1.807, 2.05) is 0 Å². The summed E-state index contributed by atoms with van der Waals surface area (Å²) in [6.45, 7) is 1.33. The maximum atomic E-state index is 13.0. The molecule has 0 aliphatic rings. The highest BCUT2D eigenvalue weighted by molar-refractivity contribution is 5.77. The van der Waals surface area contributed by atoms with Crippen LogP contribution in [-0.2, 0) is 9.59 Å². The first kappa shape index (κ1) is 13.0. The van der Waals surface area contributed by atoms with E-state index in [0.29, 0.717) is 6.07 Å². The molecule has 1 aromatic rings. The summed E-state index contributed by atoms with van der Waals surface area (Å²) in [4.78, 5) is 21.2. The maximum absolute atomic E-state index is 13.0. The Labute approximate surface area is 94.5 Å². The summed E-state index contributed by atoms with van der Waals surface area (Å²) in [5.74, 6) is -4.16. The van der Waals surface area contributed by atoms with Gasteiger partial charge in [0.1, 0.15) is 5.94 Å². The van der Waals surface area contributed by atoms with Crippen molar-refractivity contribution in [2.45, 2.75) is 13.3 Å². The molecule has 0 N–H and O–H groups in total. The van der Waals surface area contributed by atoms with Gasteiger partial charge in [-0.25, -0.2) is 18.0 Å². The second-order valence-electron chi connectivity index (χ2n) is 3.23. The first-order valence-corrected chi connectivity index (χ1v) is 4.50. The van der Waals surface area contributed by atoms with Gasteiger partial charge in [0.15, 0.2) is 23.2 Å². The average molecular weight is 244 g/mol. The van der Waals surface area contributed by atoms with Crippen LogP contribution in [0.3, 0.4) is 0 Å². The van der Waals surface area contributed by atoms with Gasteiger partial charge in [0.2, 0.25) is 0 Å². The molecule has 3 nitrogen and oxygen atoms in total. The lowest BCUT2D eigenvalue weighted by molar-refractivity contribution is -0.133. The molecule has 0 aliphatic heterocycles. The van der Waals surface area contributed by atoms with E-state index in [2.05, 4.69) is 4.74 Å². The molecular weight excluding hydrogens is 237 g/mol. The van der Waals surface area contributed by atoms with E-state index in [9.17, 15) is 22.8 Å². The SMILES string of the molecule is CC(=C=O)CC(=O)Oc1cc(F)c(F)cc1F. The molecule has 0 fully saturated rings. The van der Waals surface area contributed by atoms with Crippen LogP contribution in [-0.4, -0.2) is 11.9 Å². The van der Waals surface area contributed by atoms with Crippen LogP contribution in [0.25, 0.3) is 0 Å². The van der Waals surface area contributed by atoms with Gasteiger partial charge in [-0.3, -0.25) is 4.79 Å². The number of hydrogen-bond acceptors (Lipinski definition) is 3. The molecule has 0 heterocycles. The molecule has 17 heavy (non-hydrogen) atoms. The molecule has 0 aliphatic carbocycles. The second-order valence-corrected chi connectivity index (χ2v) is 3.23. The highest BCUT2D eigenvalue weighted by Gasteiger charge is 2.14. The van der Waals surface area contributed by atoms with Crippen molar-refractivity contribution in [2.75, 3.05) is 0 Å². The minimum atomic E-state index is -1.38. The lowest BCUT2D eigenvalue weighted by Gasteiger charge is -2.05. The molecule has 1 aromatic carbocycles. The molecule has 0 spiro atoms. The van der Waals surface area contributed by atoms with Crippen molar-refractivity contribution in [3.05, 3.63) is 35.2 Å². The summed E-state index contributed by atoms with van der Waals surface area (Å²) in [6, 6.07) is 0.683. The van der Waals surface area contributed by atoms with E-state index < -0.39 is 35.6 Å². The van der Waals surface area contributed by atoms with Crippen molar-refractivity contribution in [1.29, 1.82) is 0 Å². The standard InChI is InChI=1S/C11H7F3O3/c1-6(5-15)2-11(16)17-10-4-8(13)7(12)3-9(10)14/h3-4H,2H2,1H3. The van der Waals surface area contributed by atoms with Crippen molar-refractivity contribution >= 4 is 11.9 Å². The molecule has 0 aromatic heterocycles. The number of hydrogen-bond donors (Lipinski definition) is 0. The van der Waals surface area contributed by atoms with E-state index in [1.165, 1.54) is 12.9 Å². The number of halogens is 3. The van der Waals surface area contributed by atoms with Gasteiger partial charge in [-0.05, 0) is 6.92 Å². The first-order chi connectivity index (χ1) is 7.93. The normalized spacial score (nSPS) is 9.65. The Morgan fingerprint density at radius 3 is 2.41 bits per heavy atom. The molecule has 0 amide bonds. The van der Waals surface area contributed by atoms with Crippen molar-refractivity contribution in [3.8, 4) is 5.75 Å². The maximum Gasteiger partial charge on any atom is 0.316 e. The number of benzene rings is 1. The van der Waals surface area contributed by atoms with Crippen molar-refractivity contribution in [3.63, 3.8) is 0 Å². The quantitative estimate of drug-likeness (QED) is 0.354. The zero-order valence-corrected chi connectivity index (χ0v) is 8.72. The molecule has 6 heteroatoms. The van der Waals surface area contributed by atoms with E-state index in [4.69, 9.17) is 0 Å². The molecule has 0 atom stereocenters. The van der Waals surface area contributed by atoms with E-state index in [0.717, 1.165) is 0 Å². The Morgan fingerprint density at radius 1 is 1.24 bits per heavy atom. The number of rotatable bonds is 3. The first-order valence-electron chi connectivity index (χ1n) is 4.50. The van der Waals surface area contributed by atoms with Gasteiger partial charge in [-0.1, -0.05) is 0 Å². The Bertz CT molecular complexity index is 505. The predicted molar refractivity (Wildman–Crippen MR) is 51.4 cm³/mol. The van der Waals surface area contributed by atoms with Crippen LogP contribution in [0, 0.1) is 17.5 Å². The van der Waals surface area contributed by atoms with Crippen LogP contribution in [0.4, 0.5) is 13.2 Å². The molecule has 90 valence electrons. The number of carbonyl (C=O) groups excluding carboxylic acids is 2. The third kappa shape index (κ3) is 3.46. The highest BCUT2D eigenvalue weighted by atomic mass is 19.2. The summed E-state index contributed by atoms with van der Waals surface area (Å²) in [5.41, 5.74) is 0.0537. The van der Waals surface area contributed by atoms with Crippen LogP contribution in [0.1, 0.15) is 13.3 Å². The fraction of sp³-hybridized carbons (Fsp3) is 0.182. The lowest BCUT2D eigenvalue weighted by atomic mass is 10.2. The largest absolute Gasteiger partial charge is 0.423 e. The monoisotopic (exact) mass is 244 g/mol. The zero-order chi connectivity index (χ0) is 13.0. The minimum absolute atomic E-state index is 0.0537. The van der Waals surface area contributed by atoms with Crippen LogP contribution in [0.15, 0.2) is 17.7 Å². The fourth-order valence-electron chi connectivity index (χ4n) is 0.994. The highest BCUT2D eigenvalue weighted by Crippen LogP contribution is 2.21. The second kappa shape index (κ2) is 5.32. The Balaban J connectivity index is 2.85. The van der Waals surface area contributed by atoms with Crippen molar-refractivity contribution < 1.29 is 27.5 Å². The zero-order valence-electron chi connectivity index (χ0n) is 8.72. The van der Waals surface area contributed by atoms with Gasteiger partial charge in [0, 0.05) is 17.7 Å². The van der Waals surface area contributed by atoms with Gasteiger partial charge in [0.25, 0.3) is 0 Å². The van der Waals surface area contributed by atoms with Gasteiger partial charge in [-0.2, -0.15) is 0 Å². The van der Waals surface area contributed by atoms with Crippen LogP contribution in [0.2, 0.25) is 0 Å². The van der Waals surface area contributed by atoms with Crippen LogP contribution >= 0.6 is 0 Å². The number of carbonyl (C=O) groups is 1. The van der Waals surface area contributed by atoms with Gasteiger partial charge in [0.05, 0.1) is 6.42 Å². The summed E-state index contributed by atoms with van der Waals surface area (Å²) in [6.07, 6.45) is -0.401. The summed E-state index contributed by atoms with van der Waals surface area (Å²) in [7, 11) is 0. The van der Waals surface area contributed by atoms with Crippen molar-refractivity contribution in [2.24, 2.45) is 0 Å². The topological polar surface area (TPSA) is 43.4 Å². The average Bonchev–Trinajstić information content (AvgIpc) is 2.25. The molecular formula is C11H7F3O3. The number of esters is 1. The van der Waals surface area contributed by atoms with E-state index in [-0.39, 0.29) is 11.6 Å². The fourth-order valence-corrected chi connectivity index (χ4v) is 0.994. The molecule has 0 radical (unpaired) electrons. The van der Waals surface area contributed by atoms with Crippen molar-refractivity contribution in [1.82, 2.24) is 0 Å². The van der Waals surface area contributed by atoms with Crippen LogP contribution in [0.5, 0.6) is 5.75 Å². The molecule has 0 saturated heterocycles. The third-order valence-corrected chi connectivity index (χ3v) is 1.78. The smallest absolute Gasteiger partial charge is 0.316 e. The molecule has 0 unspecified atom stereocenters. The molecule has 0 saturated carbocycles. The summed E-state index contributed by atoms with van der Waals surface area (Å²) in [5, 5.41) is 0. The minimum Gasteiger partial charge on any atom is -0.423 e. The van der Waals surface area contributed by atoms with E-state index >= 15 is 0 Å². The molecule has 0 bridgehead atoms. The third-order valence-electron chi connectivity index (χ3n) is 1.78. The summed E-state index contributed by atoms with van der Waals surface area (Å²) < 4.78 is 42.8. The van der Waals surface area contributed by atoms with Gasteiger partial charge < -0.3 is 4.74 Å².